The molecule has 1 aromatic heterocycles. The Morgan fingerprint density at radius 1 is 1.31 bits per heavy atom. The molecule has 0 unspecified atom stereocenters. The zero-order valence-corrected chi connectivity index (χ0v) is 15.2. The summed E-state index contributed by atoms with van der Waals surface area (Å²) in [5.41, 5.74) is 3.00. The normalized spacial score (nSPS) is 11.7. The molecule has 7 heteroatoms. The minimum Gasteiger partial charge on any atom is -0.312 e. The molecule has 3 aromatic rings. The van der Waals surface area contributed by atoms with Gasteiger partial charge in [0, 0.05) is 12.6 Å². The number of hydrogen-bond acceptors (Lipinski definition) is 4. The van der Waals surface area contributed by atoms with Gasteiger partial charge in [-0.15, -0.1) is 6.58 Å². The maximum absolute atomic E-state index is 12.6. The van der Waals surface area contributed by atoms with E-state index in [4.69, 9.17) is 0 Å². The van der Waals surface area contributed by atoms with Crippen molar-refractivity contribution in [2.24, 2.45) is 4.99 Å². The van der Waals surface area contributed by atoms with Crippen LogP contribution in [0.4, 0.5) is 5.69 Å². The average molecular weight is 367 g/mol. The predicted octanol–water partition coefficient (Wildman–Crippen LogP) is 4.15. The van der Waals surface area contributed by atoms with Crippen LogP contribution in [-0.4, -0.2) is 15.4 Å². The summed E-state index contributed by atoms with van der Waals surface area (Å²) in [4.78, 5) is 27.9. The number of fused-ring (bicyclic) bond motifs is 1. The highest BCUT2D eigenvalue weighted by atomic mass is 32.1. The molecule has 3 rings (SSSR count). The highest BCUT2D eigenvalue weighted by Gasteiger charge is 2.19. The number of hydrogen-bond donors (Lipinski definition) is 0. The number of benzene rings is 2. The molecule has 0 saturated heterocycles. The highest BCUT2D eigenvalue weighted by Crippen LogP contribution is 2.23. The summed E-state index contributed by atoms with van der Waals surface area (Å²) in [5, 5.41) is 11.2. The largest absolute Gasteiger partial charge is 0.312 e. The standard InChI is InChI=1S/C19H17N3O3S/c1-4-9-21-16-10-12(2)13(3)11-17(16)26-19(21)20-18(23)14-7-5-6-8-15(14)22(24)25/h4-8,10-11H,1,9H2,2-3H3. The summed E-state index contributed by atoms with van der Waals surface area (Å²) in [6, 6.07) is 9.95. The third-order valence-corrected chi connectivity index (χ3v) is 5.18. The van der Waals surface area contributed by atoms with Gasteiger partial charge in [0.1, 0.15) is 5.56 Å². The molecule has 26 heavy (non-hydrogen) atoms. The SMILES string of the molecule is C=CCn1c(=NC(=O)c2ccccc2[N+](=O)[O-])sc2cc(C)c(C)cc21. The van der Waals surface area contributed by atoms with E-state index >= 15 is 0 Å². The van der Waals surface area contributed by atoms with E-state index in [-0.39, 0.29) is 11.3 Å². The summed E-state index contributed by atoms with van der Waals surface area (Å²) in [6.45, 7) is 8.31. The Balaban J connectivity index is 2.21. The van der Waals surface area contributed by atoms with Crippen molar-refractivity contribution in [2.45, 2.75) is 20.4 Å². The molecule has 0 aliphatic rings. The first-order valence-corrected chi connectivity index (χ1v) is 8.78. The molecule has 0 aliphatic heterocycles. The lowest BCUT2D eigenvalue weighted by Crippen LogP contribution is -2.16. The first kappa shape index (κ1) is 17.8. The maximum atomic E-state index is 12.6. The van der Waals surface area contributed by atoms with Crippen molar-refractivity contribution in [1.82, 2.24) is 4.57 Å². The molecular formula is C19H17N3O3S. The summed E-state index contributed by atoms with van der Waals surface area (Å²) in [7, 11) is 0. The molecule has 0 atom stereocenters. The molecule has 0 bridgehead atoms. The lowest BCUT2D eigenvalue weighted by molar-refractivity contribution is -0.385. The summed E-state index contributed by atoms with van der Waals surface area (Å²) < 4.78 is 2.90. The Bertz CT molecular complexity index is 1110. The fourth-order valence-corrected chi connectivity index (χ4v) is 3.79. The second-order valence-corrected chi connectivity index (χ2v) is 6.89. The third-order valence-electron chi connectivity index (χ3n) is 4.14. The number of amides is 1. The van der Waals surface area contributed by atoms with E-state index in [9.17, 15) is 14.9 Å². The highest BCUT2D eigenvalue weighted by molar-refractivity contribution is 7.16. The van der Waals surface area contributed by atoms with Gasteiger partial charge in [-0.3, -0.25) is 14.9 Å². The number of carbonyl (C=O) groups is 1. The van der Waals surface area contributed by atoms with E-state index in [2.05, 4.69) is 23.7 Å². The molecule has 1 heterocycles. The fraction of sp³-hybridized carbons (Fsp3) is 0.158. The molecule has 0 N–H and O–H groups in total. The number of nitro groups is 1. The molecule has 6 nitrogen and oxygen atoms in total. The second-order valence-electron chi connectivity index (χ2n) is 5.88. The zero-order chi connectivity index (χ0) is 18.8. The summed E-state index contributed by atoms with van der Waals surface area (Å²) in [6.07, 6.45) is 1.73. The monoisotopic (exact) mass is 367 g/mol. The van der Waals surface area contributed by atoms with Crippen molar-refractivity contribution in [3.05, 3.63) is 80.7 Å². The number of para-hydroxylation sites is 1. The number of nitro benzene ring substituents is 1. The van der Waals surface area contributed by atoms with Gasteiger partial charge in [0.05, 0.1) is 15.1 Å². The van der Waals surface area contributed by atoms with E-state index in [1.165, 1.54) is 29.5 Å². The van der Waals surface area contributed by atoms with Gasteiger partial charge in [0.2, 0.25) is 0 Å². The molecule has 132 valence electrons. The molecule has 1 amide bonds. The van der Waals surface area contributed by atoms with Gasteiger partial charge in [0.25, 0.3) is 11.6 Å². The van der Waals surface area contributed by atoms with Crippen LogP contribution < -0.4 is 4.80 Å². The van der Waals surface area contributed by atoms with Crippen molar-refractivity contribution in [1.29, 1.82) is 0 Å². The minimum absolute atomic E-state index is 0.0209. The van der Waals surface area contributed by atoms with E-state index in [0.29, 0.717) is 11.3 Å². The molecular weight excluding hydrogens is 350 g/mol. The average Bonchev–Trinajstić information content (AvgIpc) is 2.92. The Kier molecular flexibility index (Phi) is 4.81. The number of aromatic nitrogens is 1. The first-order chi connectivity index (χ1) is 12.4. The quantitative estimate of drug-likeness (QED) is 0.395. The molecule has 0 saturated carbocycles. The molecule has 0 radical (unpaired) electrons. The minimum atomic E-state index is -0.630. The van der Waals surface area contributed by atoms with Gasteiger partial charge in [-0.2, -0.15) is 4.99 Å². The number of aryl methyl sites for hydroxylation is 2. The number of thiazole rings is 1. The Morgan fingerprint density at radius 2 is 2.00 bits per heavy atom. The van der Waals surface area contributed by atoms with Crippen LogP contribution >= 0.6 is 11.3 Å². The van der Waals surface area contributed by atoms with Crippen molar-refractivity contribution in [3.8, 4) is 0 Å². The summed E-state index contributed by atoms with van der Waals surface area (Å²) >= 11 is 1.38. The van der Waals surface area contributed by atoms with Gasteiger partial charge in [-0.25, -0.2) is 0 Å². The Morgan fingerprint density at radius 3 is 2.69 bits per heavy atom. The summed E-state index contributed by atoms with van der Waals surface area (Å²) in [5.74, 6) is -0.630. The topological polar surface area (TPSA) is 77.5 Å². The van der Waals surface area contributed by atoms with Crippen LogP contribution in [0.3, 0.4) is 0 Å². The van der Waals surface area contributed by atoms with Crippen molar-refractivity contribution in [2.75, 3.05) is 0 Å². The first-order valence-electron chi connectivity index (χ1n) is 7.96. The van der Waals surface area contributed by atoms with E-state index in [1.807, 2.05) is 18.4 Å². The third kappa shape index (κ3) is 3.21. The van der Waals surface area contributed by atoms with Gasteiger partial charge in [0.15, 0.2) is 4.80 Å². The van der Waals surface area contributed by atoms with Crippen molar-refractivity contribution >= 4 is 33.1 Å². The van der Waals surface area contributed by atoms with Crippen LogP contribution in [0.5, 0.6) is 0 Å². The van der Waals surface area contributed by atoms with E-state index in [1.54, 1.807) is 12.1 Å². The fourth-order valence-electron chi connectivity index (χ4n) is 2.67. The van der Waals surface area contributed by atoms with Crippen LogP contribution in [0.1, 0.15) is 21.5 Å². The van der Waals surface area contributed by atoms with Crippen LogP contribution in [0.15, 0.2) is 54.0 Å². The lowest BCUT2D eigenvalue weighted by Gasteiger charge is -2.04. The number of nitrogens with zero attached hydrogens (tertiary/aromatic N) is 3. The molecule has 0 aliphatic carbocycles. The molecule has 0 spiro atoms. The van der Waals surface area contributed by atoms with Gasteiger partial charge in [-0.05, 0) is 43.2 Å². The van der Waals surface area contributed by atoms with Crippen molar-refractivity contribution in [3.63, 3.8) is 0 Å². The van der Waals surface area contributed by atoms with Gasteiger partial charge >= 0.3 is 0 Å². The second kappa shape index (κ2) is 7.05. The number of allylic oxidation sites excluding steroid dienone is 1. The van der Waals surface area contributed by atoms with Crippen LogP contribution in [0, 0.1) is 24.0 Å². The number of carbonyl (C=O) groups excluding carboxylic acids is 1. The number of rotatable bonds is 4. The van der Waals surface area contributed by atoms with Crippen LogP contribution in [0.2, 0.25) is 0 Å². The van der Waals surface area contributed by atoms with Gasteiger partial charge in [-0.1, -0.05) is 29.5 Å². The van der Waals surface area contributed by atoms with E-state index in [0.717, 1.165) is 21.3 Å². The van der Waals surface area contributed by atoms with E-state index < -0.39 is 10.8 Å². The lowest BCUT2D eigenvalue weighted by atomic mass is 10.1. The smallest absolute Gasteiger partial charge is 0.286 e. The van der Waals surface area contributed by atoms with Crippen LogP contribution in [-0.2, 0) is 6.54 Å². The molecule has 0 fully saturated rings. The zero-order valence-electron chi connectivity index (χ0n) is 14.4. The predicted molar refractivity (Wildman–Crippen MR) is 102 cm³/mol. The Hall–Kier alpha value is -3.06. The molecule has 2 aromatic carbocycles. The Labute approximate surface area is 153 Å². The van der Waals surface area contributed by atoms with Crippen LogP contribution in [0.25, 0.3) is 10.2 Å². The van der Waals surface area contributed by atoms with Gasteiger partial charge < -0.3 is 4.57 Å². The maximum Gasteiger partial charge on any atom is 0.286 e. The van der Waals surface area contributed by atoms with Crippen molar-refractivity contribution < 1.29 is 9.72 Å².